The monoisotopic (exact) mass is 416 g/mol. The van der Waals surface area contributed by atoms with Crippen molar-refractivity contribution in [2.75, 3.05) is 31.5 Å². The number of aromatic carboxylic acids is 1. The van der Waals surface area contributed by atoms with Gasteiger partial charge in [-0.15, -0.1) is 0 Å². The van der Waals surface area contributed by atoms with E-state index in [1.54, 1.807) is 11.8 Å². The van der Waals surface area contributed by atoms with Crippen LogP contribution in [0.2, 0.25) is 0 Å². The van der Waals surface area contributed by atoms with Crippen LogP contribution in [0.25, 0.3) is 11.0 Å². The zero-order valence-corrected chi connectivity index (χ0v) is 15.5. The Bertz CT molecular complexity index is 1000. The van der Waals surface area contributed by atoms with Gasteiger partial charge in [0.15, 0.2) is 11.6 Å². The van der Waals surface area contributed by atoms with E-state index in [1.165, 1.54) is 0 Å². The summed E-state index contributed by atoms with van der Waals surface area (Å²) >= 11 is 0. The standard InChI is InChI=1S/C18H20F4N4O3/c1-9-2-10(23)4-25(9)16-13(22)3-11-14(27)12(17(28)29)5-26(15(11)24-16)18(6-19,7-20)8-21/h3,5,9-10H,2,4,6-8,23H2,1H3,(H,28,29)/t9-,10-/m0/s1. The molecule has 0 bridgehead atoms. The number of nitrogens with zero attached hydrogens (tertiary/aromatic N) is 3. The highest BCUT2D eigenvalue weighted by molar-refractivity contribution is 5.92. The van der Waals surface area contributed by atoms with Crippen molar-refractivity contribution in [3.8, 4) is 0 Å². The van der Waals surface area contributed by atoms with E-state index in [0.717, 1.165) is 6.07 Å². The van der Waals surface area contributed by atoms with Gasteiger partial charge < -0.3 is 20.3 Å². The number of halogens is 4. The number of alkyl halides is 3. The van der Waals surface area contributed by atoms with Crippen LogP contribution in [-0.2, 0) is 5.54 Å². The van der Waals surface area contributed by atoms with Crippen LogP contribution in [0.4, 0.5) is 23.4 Å². The quantitative estimate of drug-likeness (QED) is 0.696. The maximum Gasteiger partial charge on any atom is 0.341 e. The fourth-order valence-electron chi connectivity index (χ4n) is 3.60. The molecule has 2 atom stereocenters. The second-order valence-corrected chi connectivity index (χ2v) is 7.33. The Morgan fingerprint density at radius 3 is 2.45 bits per heavy atom. The van der Waals surface area contributed by atoms with E-state index < -0.39 is 59.4 Å². The first kappa shape index (κ1) is 21.0. The maximum absolute atomic E-state index is 14.8. The van der Waals surface area contributed by atoms with Crippen molar-refractivity contribution in [2.24, 2.45) is 5.73 Å². The lowest BCUT2D eigenvalue weighted by atomic mass is 10.0. The first-order valence-electron chi connectivity index (χ1n) is 8.89. The molecule has 0 aromatic carbocycles. The Morgan fingerprint density at radius 2 is 1.97 bits per heavy atom. The highest BCUT2D eigenvalue weighted by Crippen LogP contribution is 2.30. The summed E-state index contributed by atoms with van der Waals surface area (Å²) < 4.78 is 56.5. The van der Waals surface area contributed by atoms with Crippen LogP contribution in [0.5, 0.6) is 0 Å². The fraction of sp³-hybridized carbons (Fsp3) is 0.500. The van der Waals surface area contributed by atoms with Crippen LogP contribution in [0, 0.1) is 5.82 Å². The summed E-state index contributed by atoms with van der Waals surface area (Å²) in [5.74, 6) is -2.82. The summed E-state index contributed by atoms with van der Waals surface area (Å²) in [5, 5.41) is 8.75. The minimum absolute atomic E-state index is 0.198. The molecule has 0 spiro atoms. The molecule has 0 amide bonds. The van der Waals surface area contributed by atoms with Crippen molar-refractivity contribution < 1.29 is 27.5 Å². The molecule has 2 aromatic heterocycles. The number of nitrogens with two attached hydrogens (primary N) is 1. The first-order chi connectivity index (χ1) is 13.7. The molecule has 1 aliphatic heterocycles. The van der Waals surface area contributed by atoms with Crippen molar-refractivity contribution in [1.29, 1.82) is 0 Å². The summed E-state index contributed by atoms with van der Waals surface area (Å²) in [6.45, 7) is -2.55. The van der Waals surface area contributed by atoms with Crippen molar-refractivity contribution in [1.82, 2.24) is 9.55 Å². The van der Waals surface area contributed by atoms with Gasteiger partial charge >= 0.3 is 5.97 Å². The average molecular weight is 416 g/mol. The van der Waals surface area contributed by atoms with E-state index in [2.05, 4.69) is 4.98 Å². The van der Waals surface area contributed by atoms with Gasteiger partial charge in [0.2, 0.25) is 5.43 Å². The number of carboxylic acid groups (broad SMARTS) is 1. The second kappa shape index (κ2) is 7.62. The first-order valence-corrected chi connectivity index (χ1v) is 8.89. The van der Waals surface area contributed by atoms with E-state index in [0.29, 0.717) is 17.2 Å². The van der Waals surface area contributed by atoms with Gasteiger partial charge in [0.1, 0.15) is 36.8 Å². The smallest absolute Gasteiger partial charge is 0.341 e. The van der Waals surface area contributed by atoms with Gasteiger partial charge in [0.25, 0.3) is 0 Å². The minimum Gasteiger partial charge on any atom is -0.477 e. The lowest BCUT2D eigenvalue weighted by Gasteiger charge is -2.30. The molecule has 2 aromatic rings. The summed E-state index contributed by atoms with van der Waals surface area (Å²) in [7, 11) is 0. The van der Waals surface area contributed by atoms with Gasteiger partial charge in [0.05, 0.1) is 5.39 Å². The Hall–Kier alpha value is -2.69. The number of pyridine rings is 2. The molecule has 0 unspecified atom stereocenters. The average Bonchev–Trinajstić information content (AvgIpc) is 3.02. The molecule has 1 saturated heterocycles. The summed E-state index contributed by atoms with van der Waals surface area (Å²) in [6.07, 6.45) is 1.20. The van der Waals surface area contributed by atoms with Crippen LogP contribution in [0.15, 0.2) is 17.1 Å². The third-order valence-electron chi connectivity index (χ3n) is 5.28. The van der Waals surface area contributed by atoms with E-state index >= 15 is 0 Å². The van der Waals surface area contributed by atoms with E-state index in [-0.39, 0.29) is 24.4 Å². The molecule has 3 heterocycles. The largest absolute Gasteiger partial charge is 0.477 e. The molecule has 3 N–H and O–H groups in total. The second-order valence-electron chi connectivity index (χ2n) is 7.33. The van der Waals surface area contributed by atoms with Crippen molar-refractivity contribution in [2.45, 2.75) is 31.0 Å². The van der Waals surface area contributed by atoms with Crippen LogP contribution < -0.4 is 16.1 Å². The zero-order valence-electron chi connectivity index (χ0n) is 15.5. The highest BCUT2D eigenvalue weighted by Gasteiger charge is 2.37. The van der Waals surface area contributed by atoms with Gasteiger partial charge in [0, 0.05) is 24.8 Å². The highest BCUT2D eigenvalue weighted by atomic mass is 19.2. The number of hydrogen-bond acceptors (Lipinski definition) is 5. The van der Waals surface area contributed by atoms with Crippen molar-refractivity contribution in [3.05, 3.63) is 33.9 Å². The summed E-state index contributed by atoms with van der Waals surface area (Å²) in [6, 6.07) is 0.315. The van der Waals surface area contributed by atoms with Gasteiger partial charge in [-0.25, -0.2) is 27.3 Å². The molecule has 0 saturated carbocycles. The normalized spacial score (nSPS) is 19.9. The third-order valence-corrected chi connectivity index (χ3v) is 5.28. The molecule has 3 rings (SSSR count). The summed E-state index contributed by atoms with van der Waals surface area (Å²) in [5.41, 5.74) is 1.11. The molecule has 1 fully saturated rings. The summed E-state index contributed by atoms with van der Waals surface area (Å²) in [4.78, 5) is 29.5. The predicted molar refractivity (Wildman–Crippen MR) is 98.2 cm³/mol. The van der Waals surface area contributed by atoms with Gasteiger partial charge in [-0.1, -0.05) is 0 Å². The van der Waals surface area contributed by atoms with Crippen molar-refractivity contribution in [3.63, 3.8) is 0 Å². The van der Waals surface area contributed by atoms with E-state index in [9.17, 15) is 32.3 Å². The number of hydrogen-bond donors (Lipinski definition) is 2. The van der Waals surface area contributed by atoms with Crippen LogP contribution in [0.1, 0.15) is 23.7 Å². The molecular formula is C18H20F4N4O3. The number of rotatable bonds is 6. The molecule has 7 nitrogen and oxygen atoms in total. The Morgan fingerprint density at radius 1 is 1.34 bits per heavy atom. The fourth-order valence-corrected chi connectivity index (χ4v) is 3.60. The molecule has 0 aliphatic carbocycles. The predicted octanol–water partition coefficient (Wildman–Crippen LogP) is 1.76. The number of carbonyl (C=O) groups is 1. The molecule has 1 aliphatic rings. The van der Waals surface area contributed by atoms with Gasteiger partial charge in [-0.05, 0) is 19.4 Å². The molecule has 0 radical (unpaired) electrons. The van der Waals surface area contributed by atoms with Gasteiger partial charge in [-0.3, -0.25) is 4.79 Å². The Balaban J connectivity index is 2.38. The topological polar surface area (TPSA) is 101 Å². The minimum atomic E-state index is -2.43. The zero-order chi connectivity index (χ0) is 21.5. The lowest BCUT2D eigenvalue weighted by molar-refractivity contribution is 0.0691. The number of fused-ring (bicyclic) bond motifs is 1. The molecule has 29 heavy (non-hydrogen) atoms. The van der Waals surface area contributed by atoms with Crippen LogP contribution >= 0.6 is 0 Å². The maximum atomic E-state index is 14.8. The SMILES string of the molecule is C[C@H]1C[C@H](N)CN1c1nc2c(cc1F)c(=O)c(C(=O)O)cn2C(CF)(CF)CF. The molecule has 11 heteroatoms. The number of anilines is 1. The molecule has 158 valence electrons. The lowest BCUT2D eigenvalue weighted by Crippen LogP contribution is -2.42. The van der Waals surface area contributed by atoms with Crippen LogP contribution in [0.3, 0.4) is 0 Å². The van der Waals surface area contributed by atoms with E-state index in [1.807, 2.05) is 0 Å². The number of carboxylic acids is 1. The number of aromatic nitrogens is 2. The Kier molecular flexibility index (Phi) is 5.52. The molecular weight excluding hydrogens is 396 g/mol. The van der Waals surface area contributed by atoms with Crippen molar-refractivity contribution >= 4 is 22.8 Å². The van der Waals surface area contributed by atoms with Gasteiger partial charge in [-0.2, -0.15) is 0 Å². The van der Waals surface area contributed by atoms with Crippen LogP contribution in [-0.4, -0.2) is 59.3 Å². The van der Waals surface area contributed by atoms with E-state index in [4.69, 9.17) is 5.73 Å². The Labute approximate surface area is 162 Å². The third kappa shape index (κ3) is 3.33.